The number of thioether (sulfide) groups is 1. The van der Waals surface area contributed by atoms with Gasteiger partial charge in [-0.15, -0.1) is 11.8 Å². The molecule has 1 heterocycles. The summed E-state index contributed by atoms with van der Waals surface area (Å²) in [6.45, 7) is 4.64. The van der Waals surface area contributed by atoms with Gasteiger partial charge in [0.15, 0.2) is 0 Å². The molecule has 1 atom stereocenters. The van der Waals surface area contributed by atoms with Crippen LogP contribution in [0, 0.1) is 5.92 Å². The Kier molecular flexibility index (Phi) is 3.17. The molecule has 1 unspecified atom stereocenters. The lowest BCUT2D eigenvalue weighted by atomic mass is 10.0. The first-order chi connectivity index (χ1) is 6.75. The van der Waals surface area contributed by atoms with Gasteiger partial charge in [0.1, 0.15) is 0 Å². The van der Waals surface area contributed by atoms with E-state index in [0.29, 0.717) is 0 Å². The van der Waals surface area contributed by atoms with Crippen LogP contribution in [-0.4, -0.2) is 5.25 Å². The molecule has 76 valence electrons. The van der Waals surface area contributed by atoms with Crippen LogP contribution in [0.25, 0.3) is 0 Å². The Morgan fingerprint density at radius 2 is 2.14 bits per heavy atom. The highest BCUT2D eigenvalue weighted by molar-refractivity contribution is 8.00. The summed E-state index contributed by atoms with van der Waals surface area (Å²) in [6.07, 6.45) is 4.00. The van der Waals surface area contributed by atoms with Gasteiger partial charge in [-0.25, -0.2) is 0 Å². The molecule has 1 aliphatic heterocycles. The van der Waals surface area contributed by atoms with Crippen molar-refractivity contribution in [2.45, 2.75) is 43.3 Å². The van der Waals surface area contributed by atoms with Crippen LogP contribution < -0.4 is 0 Å². The standard InChI is InChI=1S/C13H18S/c1-10(2)9-12-8-7-11-5-3-4-6-13(11)14-12/h3-6,10,12H,7-9H2,1-2H3. The van der Waals surface area contributed by atoms with Gasteiger partial charge in [-0.1, -0.05) is 32.0 Å². The van der Waals surface area contributed by atoms with E-state index in [1.54, 1.807) is 5.56 Å². The van der Waals surface area contributed by atoms with Crippen LogP contribution in [0.2, 0.25) is 0 Å². The number of benzene rings is 1. The van der Waals surface area contributed by atoms with Crippen LogP contribution in [0.1, 0.15) is 32.3 Å². The zero-order valence-electron chi connectivity index (χ0n) is 8.99. The Labute approximate surface area is 91.1 Å². The molecule has 0 fully saturated rings. The molecular formula is C13H18S. The first-order valence-electron chi connectivity index (χ1n) is 5.50. The van der Waals surface area contributed by atoms with Crippen LogP contribution >= 0.6 is 11.8 Å². The molecule has 1 heteroatoms. The van der Waals surface area contributed by atoms with Crippen LogP contribution in [0.5, 0.6) is 0 Å². The van der Waals surface area contributed by atoms with Crippen LogP contribution in [-0.2, 0) is 6.42 Å². The van der Waals surface area contributed by atoms with Crippen molar-refractivity contribution in [2.24, 2.45) is 5.92 Å². The molecule has 1 aliphatic rings. The molecule has 0 amide bonds. The molecule has 1 aromatic carbocycles. The lowest BCUT2D eigenvalue weighted by Crippen LogP contribution is -2.12. The Morgan fingerprint density at radius 3 is 2.93 bits per heavy atom. The van der Waals surface area contributed by atoms with Gasteiger partial charge in [0.05, 0.1) is 0 Å². The zero-order valence-corrected chi connectivity index (χ0v) is 9.81. The SMILES string of the molecule is CC(C)CC1CCc2ccccc2S1. The molecular weight excluding hydrogens is 188 g/mol. The molecule has 0 bridgehead atoms. The van der Waals surface area contributed by atoms with E-state index in [1.165, 1.54) is 24.2 Å². The molecule has 0 aromatic heterocycles. The van der Waals surface area contributed by atoms with Crippen LogP contribution in [0.15, 0.2) is 29.2 Å². The fourth-order valence-electron chi connectivity index (χ4n) is 2.07. The van der Waals surface area contributed by atoms with Crippen molar-refractivity contribution in [2.75, 3.05) is 0 Å². The maximum atomic E-state index is 2.32. The largest absolute Gasteiger partial charge is 0.122 e. The topological polar surface area (TPSA) is 0 Å². The molecule has 0 N–H and O–H groups in total. The third kappa shape index (κ3) is 2.33. The summed E-state index contributed by atoms with van der Waals surface area (Å²) in [5, 5.41) is 0.852. The predicted molar refractivity (Wildman–Crippen MR) is 63.9 cm³/mol. The van der Waals surface area contributed by atoms with Gasteiger partial charge in [0, 0.05) is 10.1 Å². The van der Waals surface area contributed by atoms with Crippen molar-refractivity contribution in [1.29, 1.82) is 0 Å². The van der Waals surface area contributed by atoms with Gasteiger partial charge in [-0.2, -0.15) is 0 Å². The highest BCUT2D eigenvalue weighted by Gasteiger charge is 2.19. The Morgan fingerprint density at radius 1 is 1.36 bits per heavy atom. The van der Waals surface area contributed by atoms with Crippen molar-refractivity contribution >= 4 is 11.8 Å². The Bertz CT molecular complexity index is 304. The lowest BCUT2D eigenvalue weighted by Gasteiger charge is -2.25. The second-order valence-electron chi connectivity index (χ2n) is 4.52. The Balaban J connectivity index is 2.06. The van der Waals surface area contributed by atoms with Gasteiger partial charge >= 0.3 is 0 Å². The minimum Gasteiger partial charge on any atom is -0.122 e. The predicted octanol–water partition coefficient (Wildman–Crippen LogP) is 4.14. The number of aryl methyl sites for hydroxylation is 1. The van der Waals surface area contributed by atoms with E-state index >= 15 is 0 Å². The van der Waals surface area contributed by atoms with Gasteiger partial charge in [0.25, 0.3) is 0 Å². The van der Waals surface area contributed by atoms with Crippen LogP contribution in [0.3, 0.4) is 0 Å². The van der Waals surface area contributed by atoms with Crippen molar-refractivity contribution < 1.29 is 0 Å². The average molecular weight is 206 g/mol. The van der Waals surface area contributed by atoms with E-state index in [9.17, 15) is 0 Å². The van der Waals surface area contributed by atoms with Gasteiger partial charge in [-0.05, 0) is 36.8 Å². The minimum absolute atomic E-state index is 0.831. The molecule has 0 spiro atoms. The smallest absolute Gasteiger partial charge is 0.0107 e. The molecule has 0 nitrogen and oxygen atoms in total. The monoisotopic (exact) mass is 206 g/mol. The summed E-state index contributed by atoms with van der Waals surface area (Å²) in [4.78, 5) is 1.52. The van der Waals surface area contributed by atoms with Gasteiger partial charge in [-0.3, -0.25) is 0 Å². The quantitative estimate of drug-likeness (QED) is 0.701. The molecule has 2 rings (SSSR count). The second kappa shape index (κ2) is 4.39. The summed E-state index contributed by atoms with van der Waals surface area (Å²) in [7, 11) is 0. The minimum atomic E-state index is 0.831. The van der Waals surface area contributed by atoms with Gasteiger partial charge < -0.3 is 0 Å². The number of rotatable bonds is 2. The highest BCUT2D eigenvalue weighted by Crippen LogP contribution is 2.37. The highest BCUT2D eigenvalue weighted by atomic mass is 32.2. The van der Waals surface area contributed by atoms with E-state index in [-0.39, 0.29) is 0 Å². The molecule has 14 heavy (non-hydrogen) atoms. The van der Waals surface area contributed by atoms with Crippen molar-refractivity contribution in [1.82, 2.24) is 0 Å². The number of hydrogen-bond acceptors (Lipinski definition) is 1. The maximum absolute atomic E-state index is 2.32. The van der Waals surface area contributed by atoms with Crippen LogP contribution in [0.4, 0.5) is 0 Å². The van der Waals surface area contributed by atoms with E-state index in [2.05, 4.69) is 49.9 Å². The van der Waals surface area contributed by atoms with Crippen molar-refractivity contribution in [3.05, 3.63) is 29.8 Å². The Hall–Kier alpha value is -0.430. The van der Waals surface area contributed by atoms with E-state index < -0.39 is 0 Å². The third-order valence-corrected chi connectivity index (χ3v) is 4.15. The first-order valence-corrected chi connectivity index (χ1v) is 6.38. The fraction of sp³-hybridized carbons (Fsp3) is 0.538. The van der Waals surface area contributed by atoms with E-state index in [1.807, 2.05) is 0 Å². The molecule has 1 aromatic rings. The molecule has 0 saturated heterocycles. The van der Waals surface area contributed by atoms with Crippen molar-refractivity contribution in [3.8, 4) is 0 Å². The average Bonchev–Trinajstić information content (AvgIpc) is 2.17. The summed E-state index contributed by atoms with van der Waals surface area (Å²) < 4.78 is 0. The summed E-state index contributed by atoms with van der Waals surface area (Å²) in [5.41, 5.74) is 1.55. The maximum Gasteiger partial charge on any atom is 0.0107 e. The van der Waals surface area contributed by atoms with Crippen molar-refractivity contribution in [3.63, 3.8) is 0 Å². The first kappa shape index (κ1) is 10.1. The lowest BCUT2D eigenvalue weighted by molar-refractivity contribution is 0.544. The molecule has 0 aliphatic carbocycles. The summed E-state index contributed by atoms with van der Waals surface area (Å²) >= 11 is 2.09. The third-order valence-electron chi connectivity index (χ3n) is 2.74. The second-order valence-corrected chi connectivity index (χ2v) is 5.86. The summed E-state index contributed by atoms with van der Waals surface area (Å²) in [6, 6.07) is 8.85. The zero-order chi connectivity index (χ0) is 9.97. The van der Waals surface area contributed by atoms with E-state index in [4.69, 9.17) is 0 Å². The number of hydrogen-bond donors (Lipinski definition) is 0. The molecule has 0 saturated carbocycles. The summed E-state index contributed by atoms with van der Waals surface area (Å²) in [5.74, 6) is 0.831. The molecule has 0 radical (unpaired) electrons. The fourth-order valence-corrected chi connectivity index (χ4v) is 3.63. The number of fused-ring (bicyclic) bond motifs is 1. The normalized spacial score (nSPS) is 20.9. The van der Waals surface area contributed by atoms with E-state index in [0.717, 1.165) is 11.2 Å². The van der Waals surface area contributed by atoms with Gasteiger partial charge in [0.2, 0.25) is 0 Å².